The van der Waals surface area contributed by atoms with E-state index in [0.717, 1.165) is 25.7 Å². The van der Waals surface area contributed by atoms with Crippen molar-refractivity contribution < 1.29 is 14.9 Å². The molecule has 0 bridgehead atoms. The molecule has 0 aliphatic heterocycles. The third-order valence-electron chi connectivity index (χ3n) is 2.14. The van der Waals surface area contributed by atoms with Gasteiger partial charge in [-0.1, -0.05) is 18.9 Å². The van der Waals surface area contributed by atoms with E-state index in [1.165, 1.54) is 6.82 Å². The lowest BCUT2D eigenvalue weighted by atomic mass is 9.86. The van der Waals surface area contributed by atoms with Crippen molar-refractivity contribution in [2.75, 3.05) is 0 Å². The molecule has 86 valence electrons. The summed E-state index contributed by atoms with van der Waals surface area (Å²) < 4.78 is 0. The largest absolute Gasteiger partial charge is 0.480 e. The number of aliphatic carboxylic acids is 1. The highest BCUT2D eigenvalue weighted by Gasteiger charge is 2.19. The van der Waals surface area contributed by atoms with Crippen molar-refractivity contribution in [1.82, 2.24) is 5.23 Å². The average Bonchev–Trinajstić information content (AvgIpc) is 2.15. The first-order valence-corrected chi connectivity index (χ1v) is 5.35. The number of carboxylic acids is 1. The molecule has 0 amide bonds. The third-order valence-corrected chi connectivity index (χ3v) is 2.14. The second-order valence-electron chi connectivity index (χ2n) is 3.66. The number of unbranched alkanes of at least 4 members (excludes halogenated alkanes) is 3. The molecule has 1 atom stereocenters. The topological polar surface area (TPSA) is 69.6 Å². The molecule has 0 aromatic carbocycles. The van der Waals surface area contributed by atoms with E-state index >= 15 is 0 Å². The zero-order chi connectivity index (χ0) is 11.7. The van der Waals surface area contributed by atoms with Crippen LogP contribution in [0.1, 0.15) is 32.1 Å². The highest BCUT2D eigenvalue weighted by atomic mass is 16.4. The smallest absolute Gasteiger partial charge is 0.374 e. The molecule has 0 aliphatic rings. The van der Waals surface area contributed by atoms with E-state index in [1.54, 1.807) is 0 Å². The van der Waals surface area contributed by atoms with Gasteiger partial charge in [0.25, 0.3) is 0 Å². The molecule has 0 saturated carbocycles. The molecule has 0 fully saturated rings. The quantitative estimate of drug-likeness (QED) is 0.306. The SMILES string of the molecule is C=CCCCCC[C@H](NB(C)O)C(=O)O. The van der Waals surface area contributed by atoms with E-state index in [1.807, 2.05) is 6.08 Å². The lowest BCUT2D eigenvalue weighted by Crippen LogP contribution is -2.44. The lowest BCUT2D eigenvalue weighted by molar-refractivity contribution is -0.139. The summed E-state index contributed by atoms with van der Waals surface area (Å²) >= 11 is 0. The minimum absolute atomic E-state index is 0.553. The number of rotatable bonds is 9. The van der Waals surface area contributed by atoms with E-state index in [4.69, 9.17) is 10.1 Å². The van der Waals surface area contributed by atoms with E-state index in [9.17, 15) is 4.79 Å². The lowest BCUT2D eigenvalue weighted by Gasteiger charge is -2.14. The van der Waals surface area contributed by atoms with Gasteiger partial charge in [-0.3, -0.25) is 4.79 Å². The Kier molecular flexibility index (Phi) is 8.04. The van der Waals surface area contributed by atoms with E-state index in [-0.39, 0.29) is 0 Å². The van der Waals surface area contributed by atoms with Gasteiger partial charge < -0.3 is 15.4 Å². The van der Waals surface area contributed by atoms with Crippen molar-refractivity contribution in [2.24, 2.45) is 0 Å². The predicted octanol–water partition coefficient (Wildman–Crippen LogP) is 1.28. The van der Waals surface area contributed by atoms with Gasteiger partial charge in [0.05, 0.1) is 6.04 Å². The van der Waals surface area contributed by atoms with Gasteiger partial charge in [0, 0.05) is 0 Å². The van der Waals surface area contributed by atoms with Crippen LogP contribution in [-0.4, -0.2) is 29.2 Å². The first-order valence-electron chi connectivity index (χ1n) is 5.35. The van der Waals surface area contributed by atoms with Crippen LogP contribution in [0.3, 0.4) is 0 Å². The second kappa shape index (κ2) is 8.50. The molecule has 0 rings (SSSR count). The van der Waals surface area contributed by atoms with Gasteiger partial charge in [-0.25, -0.2) is 0 Å². The maximum Gasteiger partial charge on any atom is 0.374 e. The normalized spacial score (nSPS) is 12.1. The molecule has 0 aromatic heterocycles. The molecule has 0 aromatic rings. The first-order chi connectivity index (χ1) is 7.07. The molecule has 5 heteroatoms. The molecule has 0 radical (unpaired) electrons. The van der Waals surface area contributed by atoms with Gasteiger partial charge in [-0.15, -0.1) is 6.58 Å². The molecule has 0 aliphatic carbocycles. The molecule has 0 unspecified atom stereocenters. The minimum Gasteiger partial charge on any atom is -0.480 e. The molecule has 3 N–H and O–H groups in total. The van der Waals surface area contributed by atoms with Crippen LogP contribution in [-0.2, 0) is 4.79 Å². The fraction of sp³-hybridized carbons (Fsp3) is 0.700. The van der Waals surface area contributed by atoms with Gasteiger partial charge in [0.2, 0.25) is 0 Å². The number of hydrogen-bond acceptors (Lipinski definition) is 3. The van der Waals surface area contributed by atoms with E-state index in [0.29, 0.717) is 6.42 Å². The Balaban J connectivity index is 3.66. The van der Waals surface area contributed by atoms with Gasteiger partial charge in [-0.05, 0) is 26.1 Å². The van der Waals surface area contributed by atoms with Crippen molar-refractivity contribution in [1.29, 1.82) is 0 Å². The molecule has 15 heavy (non-hydrogen) atoms. The summed E-state index contributed by atoms with van der Waals surface area (Å²) in [5, 5.41) is 20.5. The number of allylic oxidation sites excluding steroid dienone is 1. The maximum atomic E-state index is 10.8. The summed E-state index contributed by atoms with van der Waals surface area (Å²) in [6.45, 7) is 5.14. The summed E-state index contributed by atoms with van der Waals surface area (Å²) in [6.07, 6.45) is 6.29. The molecular weight excluding hydrogens is 193 g/mol. The Bertz CT molecular complexity index is 197. The van der Waals surface area contributed by atoms with Crippen LogP contribution in [0, 0.1) is 0 Å². The summed E-state index contributed by atoms with van der Waals surface area (Å²) in [5.74, 6) is -0.903. The number of carboxylic acid groups (broad SMARTS) is 1. The average molecular weight is 213 g/mol. The van der Waals surface area contributed by atoms with Crippen LogP contribution in [0.25, 0.3) is 0 Å². The third kappa shape index (κ3) is 8.21. The zero-order valence-electron chi connectivity index (χ0n) is 9.28. The Morgan fingerprint density at radius 3 is 2.67 bits per heavy atom. The van der Waals surface area contributed by atoms with Gasteiger partial charge >= 0.3 is 13.0 Å². The van der Waals surface area contributed by atoms with Crippen LogP contribution in [0.15, 0.2) is 12.7 Å². The van der Waals surface area contributed by atoms with Crippen LogP contribution in [0.2, 0.25) is 6.82 Å². The standard InChI is InChI=1S/C10H20BNO3/c1-3-4-5-6-7-8-9(10(13)14)12-11(2)15/h3,9,12,15H,1,4-8H2,2H3,(H,13,14)/t9-/m0/s1. The van der Waals surface area contributed by atoms with E-state index < -0.39 is 19.1 Å². The van der Waals surface area contributed by atoms with Gasteiger partial charge in [0.15, 0.2) is 0 Å². The van der Waals surface area contributed by atoms with Crippen LogP contribution in [0.4, 0.5) is 0 Å². The first kappa shape index (κ1) is 14.2. The molecule has 4 nitrogen and oxygen atoms in total. The van der Waals surface area contributed by atoms with Crippen molar-refractivity contribution in [3.05, 3.63) is 12.7 Å². The van der Waals surface area contributed by atoms with Gasteiger partial charge in [0.1, 0.15) is 0 Å². The number of hydrogen-bond donors (Lipinski definition) is 3. The molecular formula is C10H20BNO3. The Morgan fingerprint density at radius 1 is 1.53 bits per heavy atom. The second-order valence-corrected chi connectivity index (χ2v) is 3.66. The van der Waals surface area contributed by atoms with Crippen LogP contribution >= 0.6 is 0 Å². The fourth-order valence-corrected chi connectivity index (χ4v) is 1.38. The summed E-state index contributed by atoms with van der Waals surface area (Å²) in [6, 6.07) is -0.645. The fourth-order valence-electron chi connectivity index (χ4n) is 1.38. The number of nitrogens with one attached hydrogen (secondary N) is 1. The predicted molar refractivity (Wildman–Crippen MR) is 61.7 cm³/mol. The van der Waals surface area contributed by atoms with Crippen LogP contribution in [0.5, 0.6) is 0 Å². The Morgan fingerprint density at radius 2 is 2.20 bits per heavy atom. The van der Waals surface area contributed by atoms with Crippen molar-refractivity contribution in [3.8, 4) is 0 Å². The summed E-state index contributed by atoms with van der Waals surface area (Å²) in [4.78, 5) is 10.8. The van der Waals surface area contributed by atoms with Crippen molar-refractivity contribution in [3.63, 3.8) is 0 Å². The van der Waals surface area contributed by atoms with Gasteiger partial charge in [-0.2, -0.15) is 0 Å². The van der Waals surface area contributed by atoms with Crippen molar-refractivity contribution in [2.45, 2.75) is 45.0 Å². The summed E-state index contributed by atoms with van der Waals surface area (Å²) in [5.41, 5.74) is 0. The van der Waals surface area contributed by atoms with Crippen LogP contribution < -0.4 is 5.23 Å². The molecule has 0 heterocycles. The highest BCUT2D eigenvalue weighted by molar-refractivity contribution is 6.45. The van der Waals surface area contributed by atoms with E-state index in [2.05, 4.69) is 11.8 Å². The maximum absolute atomic E-state index is 10.8. The highest BCUT2D eigenvalue weighted by Crippen LogP contribution is 2.06. The number of carbonyl (C=O) groups is 1. The summed E-state index contributed by atoms with van der Waals surface area (Å²) in [7, 11) is -0.778. The minimum atomic E-state index is -0.903. The molecule has 0 saturated heterocycles. The monoisotopic (exact) mass is 213 g/mol. The molecule has 0 spiro atoms. The Hall–Kier alpha value is -0.805. The zero-order valence-corrected chi connectivity index (χ0v) is 9.28. The van der Waals surface area contributed by atoms with Crippen molar-refractivity contribution >= 4 is 13.0 Å². The Labute approximate surface area is 91.5 Å².